The van der Waals surface area contributed by atoms with Crippen LogP contribution in [0.2, 0.25) is 0 Å². The van der Waals surface area contributed by atoms with Gasteiger partial charge in [-0.25, -0.2) is 9.98 Å². The van der Waals surface area contributed by atoms with Gasteiger partial charge < -0.3 is 20.1 Å². The fourth-order valence-electron chi connectivity index (χ4n) is 4.68. The Labute approximate surface area is 222 Å². The Morgan fingerprint density at radius 3 is 2.57 bits per heavy atom. The molecular weight excluding hydrogens is 486 g/mol. The summed E-state index contributed by atoms with van der Waals surface area (Å²) in [6.45, 7) is 0.665. The summed E-state index contributed by atoms with van der Waals surface area (Å²) in [5.74, 6) is 0.421. The van der Waals surface area contributed by atoms with E-state index < -0.39 is 0 Å². The first-order valence-corrected chi connectivity index (χ1v) is 13.2. The van der Waals surface area contributed by atoms with Gasteiger partial charge in [-0.2, -0.15) is 4.98 Å². The van der Waals surface area contributed by atoms with Gasteiger partial charge in [-0.3, -0.25) is 9.59 Å². The molecule has 3 aromatic rings. The Morgan fingerprint density at radius 2 is 1.86 bits per heavy atom. The van der Waals surface area contributed by atoms with Crippen LogP contribution in [0.5, 0.6) is 0 Å². The third-order valence-electron chi connectivity index (χ3n) is 6.55. The molecule has 194 valence electrons. The van der Waals surface area contributed by atoms with Crippen molar-refractivity contribution in [1.82, 2.24) is 19.4 Å². The van der Waals surface area contributed by atoms with Gasteiger partial charge in [-0.1, -0.05) is 19.3 Å². The number of fused-ring (bicyclic) bond motifs is 1. The fraction of sp³-hybridized carbons (Fsp3) is 0.444. The Balaban J connectivity index is 1.42. The lowest BCUT2D eigenvalue weighted by atomic mass is 10.2. The van der Waals surface area contributed by atoms with Crippen LogP contribution in [-0.2, 0) is 4.79 Å². The first kappa shape index (κ1) is 26.4. The summed E-state index contributed by atoms with van der Waals surface area (Å²) in [4.78, 5) is 39.8. The molecule has 0 spiro atoms. The monoisotopic (exact) mass is 519 g/mol. The summed E-state index contributed by atoms with van der Waals surface area (Å²) in [6.07, 6.45) is 9.26. The maximum atomic E-state index is 12.9. The molecule has 0 aliphatic heterocycles. The zero-order valence-electron chi connectivity index (χ0n) is 21.4. The van der Waals surface area contributed by atoms with Crippen LogP contribution in [-0.4, -0.2) is 57.1 Å². The highest BCUT2D eigenvalue weighted by molar-refractivity contribution is 7.78. The van der Waals surface area contributed by atoms with Crippen molar-refractivity contribution in [2.75, 3.05) is 31.3 Å². The highest BCUT2D eigenvalue weighted by Gasteiger charge is 2.26. The first-order valence-electron chi connectivity index (χ1n) is 12.8. The fourth-order valence-corrected chi connectivity index (χ4v) is 4.77. The van der Waals surface area contributed by atoms with Gasteiger partial charge in [0.2, 0.25) is 11.9 Å². The van der Waals surface area contributed by atoms with Gasteiger partial charge in [0.05, 0.1) is 5.16 Å². The van der Waals surface area contributed by atoms with Crippen LogP contribution >= 0.6 is 12.2 Å². The van der Waals surface area contributed by atoms with E-state index in [0.717, 1.165) is 67.4 Å². The average molecular weight is 520 g/mol. The molecule has 10 heteroatoms. The second-order valence-electron chi connectivity index (χ2n) is 9.54. The molecule has 1 aliphatic rings. The lowest BCUT2D eigenvalue weighted by molar-refractivity contribution is -0.116. The molecule has 0 saturated heterocycles. The highest BCUT2D eigenvalue weighted by Crippen LogP contribution is 2.35. The first-order chi connectivity index (χ1) is 18.0. The number of unbranched alkanes of at least 4 members (excludes halogenated alkanes) is 2. The maximum Gasteiger partial charge on any atom is 0.270 e. The third-order valence-corrected chi connectivity index (χ3v) is 6.68. The third kappa shape index (κ3) is 6.78. The smallest absolute Gasteiger partial charge is 0.270 e. The standard InChI is InChI=1S/C27H33N7O2S/c1-33(2)26(36)23-16-19-17-29-27(32-25(19)34(23)22-8-5-6-9-22)31-21-13-11-20(12-14-21)30-24(35)10-4-3-7-15-28-18-37/h11-14,16-17,22H,3-10,15H2,1-2H3,(H,30,35)(H,29,31,32). The SMILES string of the molecule is CN(C)C(=O)c1cc2cnc(Nc3ccc(NC(=O)CCCCCN=C=S)cc3)nc2n1C1CCCC1. The molecule has 0 unspecified atom stereocenters. The zero-order chi connectivity index (χ0) is 26.2. The predicted molar refractivity (Wildman–Crippen MR) is 150 cm³/mol. The van der Waals surface area contributed by atoms with Gasteiger partial charge in [0.1, 0.15) is 11.3 Å². The van der Waals surface area contributed by atoms with E-state index in [1.54, 1.807) is 25.2 Å². The number of nitrogens with zero attached hydrogens (tertiary/aromatic N) is 5. The molecule has 9 nitrogen and oxygen atoms in total. The number of hydrogen-bond acceptors (Lipinski definition) is 7. The van der Waals surface area contributed by atoms with E-state index in [-0.39, 0.29) is 17.9 Å². The maximum absolute atomic E-state index is 12.9. The number of carbonyl (C=O) groups is 2. The van der Waals surface area contributed by atoms with Gasteiger partial charge in [-0.15, -0.1) is 0 Å². The molecule has 2 N–H and O–H groups in total. The van der Waals surface area contributed by atoms with E-state index in [4.69, 9.17) is 4.98 Å². The van der Waals surface area contributed by atoms with E-state index in [9.17, 15) is 9.59 Å². The van der Waals surface area contributed by atoms with Crippen molar-refractivity contribution in [3.05, 3.63) is 42.2 Å². The van der Waals surface area contributed by atoms with E-state index >= 15 is 0 Å². The molecule has 1 saturated carbocycles. The van der Waals surface area contributed by atoms with Gasteiger partial charge >= 0.3 is 0 Å². The molecule has 4 rings (SSSR count). The number of anilines is 3. The minimum atomic E-state index is -0.0303. The topological polar surface area (TPSA) is 105 Å². The second kappa shape index (κ2) is 12.6. The van der Waals surface area contributed by atoms with Crippen LogP contribution in [0.4, 0.5) is 17.3 Å². The molecule has 2 heterocycles. The van der Waals surface area contributed by atoms with Crippen molar-refractivity contribution in [1.29, 1.82) is 0 Å². The normalized spacial score (nSPS) is 13.4. The van der Waals surface area contributed by atoms with Crippen LogP contribution in [0, 0.1) is 0 Å². The summed E-state index contributed by atoms with van der Waals surface area (Å²) in [5, 5.41) is 9.38. The van der Waals surface area contributed by atoms with Crippen molar-refractivity contribution in [2.45, 2.75) is 57.4 Å². The molecule has 0 atom stereocenters. The molecular formula is C27H33N7O2S. The van der Waals surface area contributed by atoms with Crippen molar-refractivity contribution in [2.24, 2.45) is 4.99 Å². The molecule has 1 fully saturated rings. The number of aromatic nitrogens is 3. The van der Waals surface area contributed by atoms with Crippen molar-refractivity contribution in [3.8, 4) is 0 Å². The predicted octanol–water partition coefficient (Wildman–Crippen LogP) is 5.59. The molecule has 2 aromatic heterocycles. The van der Waals surface area contributed by atoms with Crippen LogP contribution in [0.15, 0.2) is 41.5 Å². The largest absolute Gasteiger partial charge is 0.343 e. The van der Waals surface area contributed by atoms with Crippen LogP contribution < -0.4 is 10.6 Å². The summed E-state index contributed by atoms with van der Waals surface area (Å²) in [7, 11) is 3.54. The minimum Gasteiger partial charge on any atom is -0.343 e. The van der Waals surface area contributed by atoms with Crippen molar-refractivity contribution in [3.63, 3.8) is 0 Å². The number of thiocarbonyl (C=S) groups is 1. The molecule has 2 amide bonds. The van der Waals surface area contributed by atoms with E-state index in [1.165, 1.54) is 0 Å². The quantitative estimate of drug-likeness (QED) is 0.194. The summed E-state index contributed by atoms with van der Waals surface area (Å²) in [6, 6.07) is 9.61. The Hall–Kier alpha value is -3.62. The average Bonchev–Trinajstić information content (AvgIpc) is 3.54. The number of isothiocyanates is 1. The van der Waals surface area contributed by atoms with E-state index in [0.29, 0.717) is 24.6 Å². The number of amides is 2. The van der Waals surface area contributed by atoms with Crippen LogP contribution in [0.25, 0.3) is 11.0 Å². The number of aliphatic imine (C=N–C) groups is 1. The zero-order valence-corrected chi connectivity index (χ0v) is 22.2. The lowest BCUT2D eigenvalue weighted by Crippen LogP contribution is -2.25. The van der Waals surface area contributed by atoms with E-state index in [1.807, 2.05) is 30.3 Å². The molecule has 1 aliphatic carbocycles. The minimum absolute atomic E-state index is 0.0106. The molecule has 1 aromatic carbocycles. The van der Waals surface area contributed by atoms with Crippen molar-refractivity contribution >= 4 is 57.6 Å². The number of benzene rings is 1. The Bertz CT molecular complexity index is 1290. The van der Waals surface area contributed by atoms with Gasteiger partial charge in [0.25, 0.3) is 5.91 Å². The van der Waals surface area contributed by atoms with E-state index in [2.05, 4.69) is 42.6 Å². The van der Waals surface area contributed by atoms with Crippen molar-refractivity contribution < 1.29 is 9.59 Å². The highest BCUT2D eigenvalue weighted by atomic mass is 32.1. The molecule has 0 radical (unpaired) electrons. The van der Waals surface area contributed by atoms with Crippen LogP contribution in [0.3, 0.4) is 0 Å². The summed E-state index contributed by atoms with van der Waals surface area (Å²) >= 11 is 4.55. The second-order valence-corrected chi connectivity index (χ2v) is 9.73. The Kier molecular flexibility index (Phi) is 8.98. The van der Waals surface area contributed by atoms with Gasteiger partial charge in [0.15, 0.2) is 0 Å². The molecule has 37 heavy (non-hydrogen) atoms. The van der Waals surface area contributed by atoms with Gasteiger partial charge in [-0.05, 0) is 68.2 Å². The lowest BCUT2D eigenvalue weighted by Gasteiger charge is -2.19. The molecule has 0 bridgehead atoms. The number of carbonyl (C=O) groups excluding carboxylic acids is 2. The number of hydrogen-bond donors (Lipinski definition) is 2. The number of rotatable bonds is 11. The number of nitrogens with one attached hydrogen (secondary N) is 2. The summed E-state index contributed by atoms with van der Waals surface area (Å²) < 4.78 is 2.10. The Morgan fingerprint density at radius 1 is 1.14 bits per heavy atom. The van der Waals surface area contributed by atoms with Gasteiger partial charge in [0, 0.05) is 56.1 Å². The van der Waals surface area contributed by atoms with Crippen LogP contribution in [0.1, 0.15) is 67.9 Å². The summed E-state index contributed by atoms with van der Waals surface area (Å²) in [5.41, 5.74) is 2.97.